The van der Waals surface area contributed by atoms with E-state index in [0.29, 0.717) is 16.7 Å². The predicted molar refractivity (Wildman–Crippen MR) is 82.9 cm³/mol. The van der Waals surface area contributed by atoms with Gasteiger partial charge < -0.3 is 10.0 Å². The van der Waals surface area contributed by atoms with Gasteiger partial charge in [-0.25, -0.2) is 9.18 Å². The molecular formula is C17H22FNO2. The van der Waals surface area contributed by atoms with Crippen LogP contribution in [0.1, 0.15) is 38.7 Å². The highest BCUT2D eigenvalue weighted by atomic mass is 19.1. The Hall–Kier alpha value is -1.84. The second kappa shape index (κ2) is 6.29. The van der Waals surface area contributed by atoms with Crippen molar-refractivity contribution < 1.29 is 14.3 Å². The number of halogens is 1. The molecule has 0 bridgehead atoms. The topological polar surface area (TPSA) is 40.5 Å². The zero-order chi connectivity index (χ0) is 15.5. The Kier molecular flexibility index (Phi) is 4.66. The maximum atomic E-state index is 14.3. The van der Waals surface area contributed by atoms with Gasteiger partial charge in [-0.15, -0.1) is 0 Å². The third kappa shape index (κ3) is 3.43. The van der Waals surface area contributed by atoms with Gasteiger partial charge in [0.15, 0.2) is 0 Å². The summed E-state index contributed by atoms with van der Waals surface area (Å²) in [6.45, 7) is 6.16. The van der Waals surface area contributed by atoms with Gasteiger partial charge in [0.25, 0.3) is 0 Å². The number of hydrogen-bond acceptors (Lipinski definition) is 2. The molecule has 0 saturated carbocycles. The summed E-state index contributed by atoms with van der Waals surface area (Å²) in [7, 11) is 0. The second-order valence-electron chi connectivity index (χ2n) is 5.76. The number of benzene rings is 1. The van der Waals surface area contributed by atoms with Crippen molar-refractivity contribution in [3.63, 3.8) is 0 Å². The molecule has 0 spiro atoms. The van der Waals surface area contributed by atoms with Gasteiger partial charge >= 0.3 is 5.97 Å². The van der Waals surface area contributed by atoms with Gasteiger partial charge in [-0.1, -0.05) is 19.9 Å². The number of aliphatic carboxylic acids is 1. The van der Waals surface area contributed by atoms with E-state index in [0.717, 1.165) is 38.4 Å². The molecule has 2 rings (SSSR count). The molecule has 114 valence electrons. The van der Waals surface area contributed by atoms with Gasteiger partial charge in [-0.3, -0.25) is 0 Å². The van der Waals surface area contributed by atoms with Crippen LogP contribution < -0.4 is 4.90 Å². The molecule has 0 aromatic heterocycles. The second-order valence-corrected chi connectivity index (χ2v) is 5.76. The van der Waals surface area contributed by atoms with Crippen molar-refractivity contribution in [2.45, 2.75) is 33.1 Å². The molecule has 1 aliphatic heterocycles. The number of carbonyl (C=O) groups is 1. The first-order valence-electron chi connectivity index (χ1n) is 7.45. The molecule has 1 N–H and O–H groups in total. The van der Waals surface area contributed by atoms with Crippen molar-refractivity contribution >= 4 is 17.7 Å². The summed E-state index contributed by atoms with van der Waals surface area (Å²) in [4.78, 5) is 12.6. The van der Waals surface area contributed by atoms with Crippen LogP contribution in [0.4, 0.5) is 10.1 Å². The molecule has 0 radical (unpaired) electrons. The first-order valence-corrected chi connectivity index (χ1v) is 7.45. The SMILES string of the molecule is CCC1(CC)CCN(c2ccc(/C=C/C(=O)O)cc2F)C1. The Balaban J connectivity index is 2.17. The van der Waals surface area contributed by atoms with Gasteiger partial charge in [0, 0.05) is 19.2 Å². The third-order valence-corrected chi connectivity index (χ3v) is 4.67. The molecule has 0 unspecified atom stereocenters. The van der Waals surface area contributed by atoms with Crippen molar-refractivity contribution in [3.05, 3.63) is 35.7 Å². The molecule has 1 heterocycles. The molecule has 4 heteroatoms. The van der Waals surface area contributed by atoms with E-state index in [1.807, 2.05) is 0 Å². The summed E-state index contributed by atoms with van der Waals surface area (Å²) in [5.41, 5.74) is 1.48. The van der Waals surface area contributed by atoms with Crippen molar-refractivity contribution in [1.29, 1.82) is 0 Å². The standard InChI is InChI=1S/C17H22FNO2/c1-3-17(4-2)9-10-19(12-17)15-7-5-13(11-14(15)18)6-8-16(20)21/h5-8,11H,3-4,9-10,12H2,1-2H3,(H,20,21)/b8-6+. The van der Waals surface area contributed by atoms with Crippen LogP contribution in [0.3, 0.4) is 0 Å². The van der Waals surface area contributed by atoms with Gasteiger partial charge in [0.1, 0.15) is 5.82 Å². The number of carboxylic acids is 1. The van der Waals surface area contributed by atoms with Crippen LogP contribution in [0.15, 0.2) is 24.3 Å². The normalized spacial score (nSPS) is 17.6. The highest BCUT2D eigenvalue weighted by Crippen LogP contribution is 2.39. The zero-order valence-corrected chi connectivity index (χ0v) is 12.6. The van der Waals surface area contributed by atoms with Crippen LogP contribution in [0, 0.1) is 11.2 Å². The molecule has 1 aromatic carbocycles. The monoisotopic (exact) mass is 291 g/mol. The van der Waals surface area contributed by atoms with E-state index in [1.165, 1.54) is 12.1 Å². The van der Waals surface area contributed by atoms with Crippen molar-refractivity contribution in [2.75, 3.05) is 18.0 Å². The van der Waals surface area contributed by atoms with Crippen LogP contribution in [-0.2, 0) is 4.79 Å². The van der Waals surface area contributed by atoms with Crippen LogP contribution in [0.5, 0.6) is 0 Å². The first kappa shape index (κ1) is 15.5. The zero-order valence-electron chi connectivity index (χ0n) is 12.6. The van der Waals surface area contributed by atoms with Crippen LogP contribution in [-0.4, -0.2) is 24.2 Å². The van der Waals surface area contributed by atoms with Crippen LogP contribution in [0.25, 0.3) is 6.08 Å². The maximum Gasteiger partial charge on any atom is 0.328 e. The Morgan fingerprint density at radius 2 is 2.14 bits per heavy atom. The summed E-state index contributed by atoms with van der Waals surface area (Å²) in [6.07, 6.45) is 5.74. The molecule has 1 saturated heterocycles. The van der Waals surface area contributed by atoms with Crippen molar-refractivity contribution in [3.8, 4) is 0 Å². The van der Waals surface area contributed by atoms with Gasteiger partial charge in [0.2, 0.25) is 0 Å². The number of anilines is 1. The number of hydrogen-bond donors (Lipinski definition) is 1. The van der Waals surface area contributed by atoms with Crippen molar-refractivity contribution in [2.24, 2.45) is 5.41 Å². The lowest BCUT2D eigenvalue weighted by Crippen LogP contribution is -2.26. The fourth-order valence-electron chi connectivity index (χ4n) is 3.02. The van der Waals surface area contributed by atoms with E-state index in [4.69, 9.17) is 5.11 Å². The lowest BCUT2D eigenvalue weighted by molar-refractivity contribution is -0.131. The van der Waals surface area contributed by atoms with Gasteiger partial charge in [0.05, 0.1) is 5.69 Å². The summed E-state index contributed by atoms with van der Waals surface area (Å²) in [5.74, 6) is -1.32. The van der Waals surface area contributed by atoms with E-state index < -0.39 is 5.97 Å². The Labute approximate surface area is 125 Å². The number of nitrogens with zero attached hydrogens (tertiary/aromatic N) is 1. The predicted octanol–water partition coefficient (Wildman–Crippen LogP) is 3.94. The fraction of sp³-hybridized carbons (Fsp3) is 0.471. The largest absolute Gasteiger partial charge is 0.478 e. The summed E-state index contributed by atoms with van der Waals surface area (Å²) < 4.78 is 14.3. The van der Waals surface area contributed by atoms with E-state index in [1.54, 1.807) is 12.1 Å². The molecule has 21 heavy (non-hydrogen) atoms. The molecule has 3 nitrogen and oxygen atoms in total. The first-order chi connectivity index (χ1) is 9.99. The van der Waals surface area contributed by atoms with Gasteiger partial charge in [-0.05, 0) is 48.4 Å². The highest BCUT2D eigenvalue weighted by Gasteiger charge is 2.35. The van der Waals surface area contributed by atoms with E-state index in [2.05, 4.69) is 18.7 Å². The maximum absolute atomic E-state index is 14.3. The average Bonchev–Trinajstić information content (AvgIpc) is 2.90. The third-order valence-electron chi connectivity index (χ3n) is 4.67. The van der Waals surface area contributed by atoms with E-state index >= 15 is 0 Å². The molecule has 0 aliphatic carbocycles. The minimum absolute atomic E-state index is 0.287. The summed E-state index contributed by atoms with van der Waals surface area (Å²) in [6, 6.07) is 4.90. The number of rotatable bonds is 5. The quantitative estimate of drug-likeness (QED) is 0.835. The number of carboxylic acid groups (broad SMARTS) is 1. The molecular weight excluding hydrogens is 269 g/mol. The Morgan fingerprint density at radius 1 is 1.43 bits per heavy atom. The van der Waals surface area contributed by atoms with Crippen LogP contribution in [0.2, 0.25) is 0 Å². The molecule has 0 atom stereocenters. The minimum Gasteiger partial charge on any atom is -0.478 e. The fourth-order valence-corrected chi connectivity index (χ4v) is 3.02. The molecule has 0 amide bonds. The molecule has 1 fully saturated rings. The van der Waals surface area contributed by atoms with E-state index in [9.17, 15) is 9.18 Å². The lowest BCUT2D eigenvalue weighted by Gasteiger charge is -2.27. The molecule has 1 aromatic rings. The smallest absolute Gasteiger partial charge is 0.328 e. The van der Waals surface area contributed by atoms with Crippen molar-refractivity contribution in [1.82, 2.24) is 0 Å². The summed E-state index contributed by atoms with van der Waals surface area (Å²) in [5, 5.41) is 8.59. The Bertz CT molecular complexity index is 550. The lowest BCUT2D eigenvalue weighted by atomic mass is 9.82. The van der Waals surface area contributed by atoms with Gasteiger partial charge in [-0.2, -0.15) is 0 Å². The van der Waals surface area contributed by atoms with E-state index in [-0.39, 0.29) is 5.82 Å². The average molecular weight is 291 g/mol. The van der Waals surface area contributed by atoms with Crippen LogP contribution >= 0.6 is 0 Å². The Morgan fingerprint density at radius 3 is 2.67 bits per heavy atom. The highest BCUT2D eigenvalue weighted by molar-refractivity contribution is 5.85. The molecule has 1 aliphatic rings. The summed E-state index contributed by atoms with van der Waals surface area (Å²) >= 11 is 0. The minimum atomic E-state index is -1.03.